The molecule has 1 N–H and O–H groups in total. The van der Waals surface area contributed by atoms with Crippen LogP contribution in [0.2, 0.25) is 5.02 Å². The molecule has 0 radical (unpaired) electrons. The minimum atomic E-state index is -0.506. The van der Waals surface area contributed by atoms with E-state index < -0.39 is 6.10 Å². The Kier molecular flexibility index (Phi) is 4.08. The van der Waals surface area contributed by atoms with Gasteiger partial charge in [0, 0.05) is 10.6 Å². The molecule has 17 heavy (non-hydrogen) atoms. The number of benzene rings is 1. The molecule has 1 aliphatic rings. The molecule has 1 aromatic rings. The molecule has 0 aliphatic heterocycles. The maximum atomic E-state index is 10.4. The van der Waals surface area contributed by atoms with Gasteiger partial charge >= 0.3 is 0 Å². The van der Waals surface area contributed by atoms with Gasteiger partial charge in [-0.1, -0.05) is 23.8 Å². The fourth-order valence-corrected chi connectivity index (χ4v) is 2.47. The van der Waals surface area contributed by atoms with E-state index in [0.29, 0.717) is 10.8 Å². The first-order chi connectivity index (χ1) is 8.22. The zero-order valence-electron chi connectivity index (χ0n) is 9.90. The Bertz CT molecular complexity index is 415. The Balaban J connectivity index is 2.25. The lowest BCUT2D eigenvalue weighted by atomic mass is 9.86. The molecule has 2 unspecified atom stereocenters. The van der Waals surface area contributed by atoms with E-state index in [1.54, 1.807) is 25.3 Å². The van der Waals surface area contributed by atoms with Crippen molar-refractivity contribution in [2.24, 2.45) is 5.92 Å². The van der Waals surface area contributed by atoms with Crippen molar-refractivity contribution in [3.63, 3.8) is 0 Å². The molecule has 3 heteroatoms. The predicted octanol–water partition coefficient (Wildman–Crippen LogP) is 3.74. The third-order valence-corrected chi connectivity index (χ3v) is 3.50. The fraction of sp³-hybridized carbons (Fsp3) is 0.429. The summed E-state index contributed by atoms with van der Waals surface area (Å²) in [6.07, 6.45) is 6.75. The van der Waals surface area contributed by atoms with E-state index in [-0.39, 0.29) is 5.92 Å². The Morgan fingerprint density at radius 1 is 1.41 bits per heavy atom. The predicted molar refractivity (Wildman–Crippen MR) is 69.4 cm³/mol. The highest BCUT2D eigenvalue weighted by Crippen LogP contribution is 2.37. The Morgan fingerprint density at radius 3 is 2.88 bits per heavy atom. The number of methoxy groups -OCH3 is 1. The van der Waals surface area contributed by atoms with E-state index in [0.717, 1.165) is 24.8 Å². The van der Waals surface area contributed by atoms with Gasteiger partial charge in [0.1, 0.15) is 5.75 Å². The number of hydrogen-bond acceptors (Lipinski definition) is 2. The molecule has 0 bridgehead atoms. The van der Waals surface area contributed by atoms with Gasteiger partial charge < -0.3 is 9.84 Å². The highest BCUT2D eigenvalue weighted by Gasteiger charge is 2.24. The van der Waals surface area contributed by atoms with Crippen molar-refractivity contribution >= 4 is 11.6 Å². The fourth-order valence-electron chi connectivity index (χ4n) is 2.29. The number of ether oxygens (including phenoxy) is 1. The van der Waals surface area contributed by atoms with E-state index in [4.69, 9.17) is 16.3 Å². The normalized spacial score (nSPS) is 21.2. The van der Waals surface area contributed by atoms with Gasteiger partial charge in [-0.15, -0.1) is 0 Å². The molecule has 92 valence electrons. The summed E-state index contributed by atoms with van der Waals surface area (Å²) < 4.78 is 5.28. The highest BCUT2D eigenvalue weighted by molar-refractivity contribution is 6.30. The minimum Gasteiger partial charge on any atom is -0.496 e. The van der Waals surface area contributed by atoms with Gasteiger partial charge in [0.2, 0.25) is 0 Å². The van der Waals surface area contributed by atoms with Gasteiger partial charge in [0.15, 0.2) is 0 Å². The molecule has 1 aromatic carbocycles. The quantitative estimate of drug-likeness (QED) is 0.831. The molecule has 0 amide bonds. The molecular formula is C14H17ClO2. The van der Waals surface area contributed by atoms with E-state index >= 15 is 0 Å². The van der Waals surface area contributed by atoms with Crippen LogP contribution in [0.3, 0.4) is 0 Å². The zero-order valence-corrected chi connectivity index (χ0v) is 10.7. The van der Waals surface area contributed by atoms with Crippen molar-refractivity contribution in [2.75, 3.05) is 7.11 Å². The summed E-state index contributed by atoms with van der Waals surface area (Å²) in [5.74, 6) is 0.962. The summed E-state index contributed by atoms with van der Waals surface area (Å²) in [5.41, 5.74) is 0.792. The Labute approximate surface area is 107 Å². The lowest BCUT2D eigenvalue weighted by molar-refractivity contribution is 0.0997. The van der Waals surface area contributed by atoms with Crippen LogP contribution in [0, 0.1) is 5.92 Å². The van der Waals surface area contributed by atoms with E-state index in [9.17, 15) is 5.11 Å². The second-order valence-electron chi connectivity index (χ2n) is 4.38. The second-order valence-corrected chi connectivity index (χ2v) is 4.81. The summed E-state index contributed by atoms with van der Waals surface area (Å²) in [7, 11) is 1.61. The van der Waals surface area contributed by atoms with Crippen LogP contribution in [0.1, 0.15) is 30.9 Å². The van der Waals surface area contributed by atoms with Gasteiger partial charge in [-0.25, -0.2) is 0 Å². The monoisotopic (exact) mass is 252 g/mol. The van der Waals surface area contributed by atoms with Crippen molar-refractivity contribution in [1.82, 2.24) is 0 Å². The average molecular weight is 253 g/mol. The van der Waals surface area contributed by atoms with Crippen molar-refractivity contribution in [3.8, 4) is 5.75 Å². The molecule has 0 saturated heterocycles. The molecule has 0 heterocycles. The van der Waals surface area contributed by atoms with E-state index in [1.165, 1.54) is 0 Å². The SMILES string of the molecule is COc1ccc(Cl)cc1C(O)C1CC=CCC1. The summed E-state index contributed by atoms with van der Waals surface area (Å²) in [6, 6.07) is 5.38. The molecule has 0 spiro atoms. The molecule has 0 fully saturated rings. The number of hydrogen-bond donors (Lipinski definition) is 1. The third-order valence-electron chi connectivity index (χ3n) is 3.27. The lowest BCUT2D eigenvalue weighted by Gasteiger charge is -2.25. The third kappa shape index (κ3) is 2.82. The van der Waals surface area contributed by atoms with Gasteiger partial charge in [-0.05, 0) is 43.4 Å². The van der Waals surface area contributed by atoms with Crippen molar-refractivity contribution in [2.45, 2.75) is 25.4 Å². The van der Waals surface area contributed by atoms with Crippen LogP contribution < -0.4 is 4.74 Å². The first-order valence-corrected chi connectivity index (χ1v) is 6.26. The molecule has 0 saturated carbocycles. The van der Waals surface area contributed by atoms with Crippen molar-refractivity contribution in [3.05, 3.63) is 40.9 Å². The number of allylic oxidation sites excluding steroid dienone is 2. The van der Waals surface area contributed by atoms with Crippen molar-refractivity contribution < 1.29 is 9.84 Å². The second kappa shape index (κ2) is 5.56. The van der Waals surface area contributed by atoms with Gasteiger partial charge in [-0.2, -0.15) is 0 Å². The first kappa shape index (κ1) is 12.5. The lowest BCUT2D eigenvalue weighted by Crippen LogP contribution is -2.14. The Hall–Kier alpha value is -0.990. The van der Waals surface area contributed by atoms with Crippen LogP contribution in [0.25, 0.3) is 0 Å². The largest absolute Gasteiger partial charge is 0.496 e. The topological polar surface area (TPSA) is 29.5 Å². The smallest absolute Gasteiger partial charge is 0.124 e. The summed E-state index contributed by atoms with van der Waals surface area (Å²) >= 11 is 5.98. The molecular weight excluding hydrogens is 236 g/mol. The maximum Gasteiger partial charge on any atom is 0.124 e. The van der Waals surface area contributed by atoms with Crippen LogP contribution in [0.4, 0.5) is 0 Å². The number of aliphatic hydroxyl groups excluding tert-OH is 1. The van der Waals surface area contributed by atoms with Crippen LogP contribution in [-0.4, -0.2) is 12.2 Å². The van der Waals surface area contributed by atoms with Crippen LogP contribution >= 0.6 is 11.6 Å². The number of rotatable bonds is 3. The van der Waals surface area contributed by atoms with E-state index in [2.05, 4.69) is 12.2 Å². The van der Waals surface area contributed by atoms with Crippen molar-refractivity contribution in [1.29, 1.82) is 0 Å². The summed E-state index contributed by atoms with van der Waals surface area (Å²) in [5, 5.41) is 11.0. The van der Waals surface area contributed by atoms with Crippen LogP contribution in [0.5, 0.6) is 5.75 Å². The maximum absolute atomic E-state index is 10.4. The molecule has 2 rings (SSSR count). The summed E-state index contributed by atoms with van der Waals surface area (Å²) in [6.45, 7) is 0. The summed E-state index contributed by atoms with van der Waals surface area (Å²) in [4.78, 5) is 0. The van der Waals surface area contributed by atoms with Gasteiger partial charge in [-0.3, -0.25) is 0 Å². The molecule has 1 aliphatic carbocycles. The highest BCUT2D eigenvalue weighted by atomic mass is 35.5. The van der Waals surface area contributed by atoms with Crippen LogP contribution in [0.15, 0.2) is 30.4 Å². The molecule has 2 atom stereocenters. The molecule has 2 nitrogen and oxygen atoms in total. The van der Waals surface area contributed by atoms with Gasteiger partial charge in [0.25, 0.3) is 0 Å². The standard InChI is InChI=1S/C14H17ClO2/c1-17-13-8-7-11(15)9-12(13)14(16)10-5-3-2-4-6-10/h2-3,7-10,14,16H,4-6H2,1H3. The number of halogens is 1. The van der Waals surface area contributed by atoms with Gasteiger partial charge in [0.05, 0.1) is 13.2 Å². The molecule has 0 aromatic heterocycles. The first-order valence-electron chi connectivity index (χ1n) is 5.89. The van der Waals surface area contributed by atoms with Crippen LogP contribution in [-0.2, 0) is 0 Å². The zero-order chi connectivity index (χ0) is 12.3. The Morgan fingerprint density at radius 2 is 2.24 bits per heavy atom. The number of aliphatic hydroxyl groups is 1. The minimum absolute atomic E-state index is 0.257. The van der Waals surface area contributed by atoms with E-state index in [1.807, 2.05) is 0 Å². The average Bonchev–Trinajstić information content (AvgIpc) is 2.39.